The Morgan fingerprint density at radius 1 is 1.08 bits per heavy atom. The van der Waals surface area contributed by atoms with E-state index in [1.807, 2.05) is 31.2 Å². The highest BCUT2D eigenvalue weighted by Gasteiger charge is 2.10. The van der Waals surface area contributed by atoms with Gasteiger partial charge in [-0.05, 0) is 43.3 Å². The van der Waals surface area contributed by atoms with Gasteiger partial charge in [0.2, 0.25) is 5.91 Å². The number of urea groups is 1. The van der Waals surface area contributed by atoms with Gasteiger partial charge in [-0.3, -0.25) is 4.79 Å². The third kappa shape index (κ3) is 6.64. The first-order valence-corrected chi connectivity index (χ1v) is 8.55. The lowest BCUT2D eigenvalue weighted by Crippen LogP contribution is -2.42. The number of rotatable bonds is 7. The lowest BCUT2D eigenvalue weighted by Gasteiger charge is -2.18. The molecule has 0 unspecified atom stereocenters. The fraction of sp³-hybridized carbons (Fsp3) is 0.263. The van der Waals surface area contributed by atoms with Gasteiger partial charge >= 0.3 is 6.03 Å². The number of anilines is 1. The highest BCUT2D eigenvalue weighted by Crippen LogP contribution is 2.13. The summed E-state index contributed by atoms with van der Waals surface area (Å²) >= 11 is 5.79. The van der Waals surface area contributed by atoms with Crippen molar-refractivity contribution in [3.8, 4) is 5.75 Å². The second-order valence-electron chi connectivity index (χ2n) is 5.80. The Morgan fingerprint density at radius 2 is 1.73 bits per heavy atom. The van der Waals surface area contributed by atoms with E-state index >= 15 is 0 Å². The number of benzene rings is 2. The van der Waals surface area contributed by atoms with Crippen LogP contribution in [-0.2, 0) is 4.79 Å². The summed E-state index contributed by atoms with van der Waals surface area (Å²) in [4.78, 5) is 25.3. The minimum atomic E-state index is -0.344. The molecule has 0 heterocycles. The summed E-state index contributed by atoms with van der Waals surface area (Å²) in [5.74, 6) is 0.441. The fourth-order valence-electron chi connectivity index (χ4n) is 2.07. The lowest BCUT2D eigenvalue weighted by molar-refractivity contribution is -0.115. The second-order valence-corrected chi connectivity index (χ2v) is 6.23. The molecule has 26 heavy (non-hydrogen) atoms. The van der Waals surface area contributed by atoms with Crippen molar-refractivity contribution in [3.63, 3.8) is 0 Å². The second kappa shape index (κ2) is 9.68. The Kier molecular flexibility index (Phi) is 7.29. The zero-order chi connectivity index (χ0) is 18.9. The fourth-order valence-corrected chi connectivity index (χ4v) is 2.19. The Hall–Kier alpha value is -2.73. The number of hydrogen-bond acceptors (Lipinski definition) is 3. The van der Waals surface area contributed by atoms with Gasteiger partial charge in [-0.1, -0.05) is 29.3 Å². The highest BCUT2D eigenvalue weighted by molar-refractivity contribution is 6.30. The molecule has 0 aromatic heterocycles. The number of amides is 3. The molecule has 138 valence electrons. The van der Waals surface area contributed by atoms with Gasteiger partial charge in [0.25, 0.3) is 0 Å². The smallest absolute Gasteiger partial charge is 0.317 e. The third-order valence-electron chi connectivity index (χ3n) is 3.59. The van der Waals surface area contributed by atoms with Gasteiger partial charge in [0.15, 0.2) is 0 Å². The number of hydrogen-bond donors (Lipinski definition) is 2. The molecular formula is C19H22ClN3O3. The molecule has 2 aromatic carbocycles. The van der Waals surface area contributed by atoms with Crippen molar-refractivity contribution in [2.75, 3.05) is 32.1 Å². The molecule has 0 aliphatic rings. The molecule has 6 nitrogen and oxygen atoms in total. The van der Waals surface area contributed by atoms with E-state index in [0.717, 1.165) is 11.3 Å². The van der Waals surface area contributed by atoms with Crippen LogP contribution in [0.5, 0.6) is 5.75 Å². The van der Waals surface area contributed by atoms with E-state index in [9.17, 15) is 9.59 Å². The van der Waals surface area contributed by atoms with Crippen LogP contribution in [-0.4, -0.2) is 43.6 Å². The van der Waals surface area contributed by atoms with Crippen molar-refractivity contribution in [2.45, 2.75) is 6.92 Å². The lowest BCUT2D eigenvalue weighted by atomic mass is 10.2. The van der Waals surface area contributed by atoms with E-state index in [-0.39, 0.29) is 18.5 Å². The summed E-state index contributed by atoms with van der Waals surface area (Å²) in [5.41, 5.74) is 1.78. The van der Waals surface area contributed by atoms with Crippen molar-refractivity contribution >= 4 is 29.2 Å². The van der Waals surface area contributed by atoms with Crippen LogP contribution in [0.2, 0.25) is 5.02 Å². The quantitative estimate of drug-likeness (QED) is 0.780. The zero-order valence-electron chi connectivity index (χ0n) is 14.8. The summed E-state index contributed by atoms with van der Waals surface area (Å²) < 4.78 is 5.58. The number of ether oxygens (including phenoxy) is 1. The largest absolute Gasteiger partial charge is 0.492 e. The Labute approximate surface area is 158 Å². The molecule has 3 amide bonds. The molecule has 0 saturated carbocycles. The molecule has 0 saturated heterocycles. The Morgan fingerprint density at radius 3 is 2.38 bits per heavy atom. The molecule has 0 fully saturated rings. The van der Waals surface area contributed by atoms with Crippen molar-refractivity contribution < 1.29 is 14.3 Å². The van der Waals surface area contributed by atoms with E-state index in [4.69, 9.17) is 16.3 Å². The molecule has 0 atom stereocenters. The number of nitrogens with one attached hydrogen (secondary N) is 2. The van der Waals surface area contributed by atoms with Gasteiger partial charge in [0, 0.05) is 17.8 Å². The van der Waals surface area contributed by atoms with Crippen LogP contribution in [0.4, 0.5) is 10.5 Å². The van der Waals surface area contributed by atoms with E-state index in [1.54, 1.807) is 31.3 Å². The summed E-state index contributed by atoms with van der Waals surface area (Å²) in [6, 6.07) is 14.1. The monoisotopic (exact) mass is 375 g/mol. The van der Waals surface area contributed by atoms with Crippen molar-refractivity contribution in [1.29, 1.82) is 0 Å². The number of carbonyl (C=O) groups excluding carboxylic acids is 2. The van der Waals surface area contributed by atoms with Gasteiger partial charge in [0.05, 0.1) is 13.1 Å². The molecule has 7 heteroatoms. The molecule has 0 radical (unpaired) electrons. The average molecular weight is 376 g/mol. The number of nitrogens with zero attached hydrogens (tertiary/aromatic N) is 1. The molecule has 0 aliphatic carbocycles. The Bertz CT molecular complexity index is 733. The third-order valence-corrected chi connectivity index (χ3v) is 3.84. The molecule has 2 rings (SSSR count). The summed E-state index contributed by atoms with van der Waals surface area (Å²) in [5, 5.41) is 5.83. The predicted molar refractivity (Wildman–Crippen MR) is 103 cm³/mol. The molecular weight excluding hydrogens is 354 g/mol. The SMILES string of the molecule is Cc1ccc(OCCN(C)C(=O)NCC(=O)Nc2ccc(Cl)cc2)cc1. The molecule has 2 aromatic rings. The highest BCUT2D eigenvalue weighted by atomic mass is 35.5. The predicted octanol–water partition coefficient (Wildman–Crippen LogP) is 3.31. The van der Waals surface area contributed by atoms with Crippen LogP contribution in [0.1, 0.15) is 5.56 Å². The summed E-state index contributed by atoms with van der Waals surface area (Å²) in [6.07, 6.45) is 0. The maximum absolute atomic E-state index is 12.0. The standard InChI is InChI=1S/C19H22ClN3O3/c1-14-3-9-17(10-4-14)26-12-11-23(2)19(25)21-13-18(24)22-16-7-5-15(20)6-8-16/h3-10H,11-13H2,1-2H3,(H,21,25)(H,22,24). The zero-order valence-corrected chi connectivity index (χ0v) is 15.5. The normalized spacial score (nSPS) is 10.1. The molecule has 0 spiro atoms. The maximum atomic E-state index is 12.0. The average Bonchev–Trinajstić information content (AvgIpc) is 2.63. The van der Waals surface area contributed by atoms with E-state index in [1.165, 1.54) is 4.90 Å². The van der Waals surface area contributed by atoms with Crippen LogP contribution in [0.25, 0.3) is 0 Å². The van der Waals surface area contributed by atoms with Gasteiger partial charge < -0.3 is 20.3 Å². The molecule has 0 bridgehead atoms. The first-order valence-electron chi connectivity index (χ1n) is 8.18. The van der Waals surface area contributed by atoms with Crippen LogP contribution < -0.4 is 15.4 Å². The number of carbonyl (C=O) groups is 2. The van der Waals surface area contributed by atoms with E-state index in [2.05, 4.69) is 10.6 Å². The molecule has 2 N–H and O–H groups in total. The summed E-state index contributed by atoms with van der Waals surface area (Å²) in [7, 11) is 1.64. The number of halogens is 1. The topological polar surface area (TPSA) is 70.7 Å². The maximum Gasteiger partial charge on any atom is 0.317 e. The number of likely N-dealkylation sites (N-methyl/N-ethyl adjacent to an activating group) is 1. The van der Waals surface area contributed by atoms with Gasteiger partial charge in [-0.25, -0.2) is 4.79 Å². The molecule has 0 aliphatic heterocycles. The minimum absolute atomic E-state index is 0.120. The van der Waals surface area contributed by atoms with Gasteiger partial charge in [-0.2, -0.15) is 0 Å². The summed E-state index contributed by atoms with van der Waals surface area (Å²) in [6.45, 7) is 2.65. The van der Waals surface area contributed by atoms with Crippen LogP contribution >= 0.6 is 11.6 Å². The van der Waals surface area contributed by atoms with Crippen molar-refractivity contribution in [1.82, 2.24) is 10.2 Å². The Balaban J connectivity index is 1.66. The van der Waals surface area contributed by atoms with Crippen LogP contribution in [0.15, 0.2) is 48.5 Å². The van der Waals surface area contributed by atoms with Crippen LogP contribution in [0.3, 0.4) is 0 Å². The van der Waals surface area contributed by atoms with Crippen molar-refractivity contribution in [2.24, 2.45) is 0 Å². The van der Waals surface area contributed by atoms with Gasteiger partial charge in [-0.15, -0.1) is 0 Å². The van der Waals surface area contributed by atoms with Crippen molar-refractivity contribution in [3.05, 3.63) is 59.1 Å². The number of aryl methyl sites for hydroxylation is 1. The minimum Gasteiger partial charge on any atom is -0.492 e. The van der Waals surface area contributed by atoms with Crippen LogP contribution in [0, 0.1) is 6.92 Å². The van der Waals surface area contributed by atoms with Gasteiger partial charge in [0.1, 0.15) is 12.4 Å². The van der Waals surface area contributed by atoms with E-state index < -0.39 is 0 Å². The first kappa shape index (κ1) is 19.6. The van der Waals surface area contributed by atoms with E-state index in [0.29, 0.717) is 23.9 Å². The first-order chi connectivity index (χ1) is 12.4.